The summed E-state index contributed by atoms with van der Waals surface area (Å²) < 4.78 is 45.3. The predicted molar refractivity (Wildman–Crippen MR) is 119 cm³/mol. The first-order valence-electron chi connectivity index (χ1n) is 9.86. The van der Waals surface area contributed by atoms with Crippen LogP contribution in [-0.4, -0.2) is 40.5 Å². The number of ketones is 1. The number of aromatic nitrogens is 4. The Morgan fingerprint density at radius 3 is 2.75 bits per heavy atom. The first-order valence-corrected chi connectivity index (χ1v) is 11.3. The molecule has 9 nitrogen and oxygen atoms in total. The van der Waals surface area contributed by atoms with Crippen molar-refractivity contribution in [1.29, 1.82) is 0 Å². The van der Waals surface area contributed by atoms with Gasteiger partial charge in [0.2, 0.25) is 0 Å². The lowest BCUT2D eigenvalue weighted by molar-refractivity contribution is 0.103. The van der Waals surface area contributed by atoms with Gasteiger partial charge in [0.25, 0.3) is 10.2 Å². The highest BCUT2D eigenvalue weighted by Crippen LogP contribution is 2.28. The van der Waals surface area contributed by atoms with Gasteiger partial charge in [0.05, 0.1) is 17.4 Å². The number of nitrogens with zero attached hydrogens (tertiary/aromatic N) is 3. The number of benzene rings is 1. The zero-order valence-corrected chi connectivity index (χ0v) is 18.2. The molecule has 0 bridgehead atoms. The molecule has 3 N–H and O–H groups in total. The summed E-state index contributed by atoms with van der Waals surface area (Å²) in [6, 6.07) is 5.77. The van der Waals surface area contributed by atoms with Crippen molar-refractivity contribution in [2.75, 3.05) is 11.3 Å². The standard InChI is InChI=1S/C21H21FN6O3S/c1-3-7-26-32(30,31)27-18-6-4-5-15(19(18)22)20(29)17-11-24-21-16(17)8-13(9-23-21)14-10-25-28(2)12-14/h4-6,8-12,26-27H,3,7H2,1-2H3,(H,23,24). The molecular weight excluding hydrogens is 435 g/mol. The van der Waals surface area contributed by atoms with Gasteiger partial charge >= 0.3 is 0 Å². The van der Waals surface area contributed by atoms with Gasteiger partial charge in [0, 0.05) is 54.3 Å². The third-order valence-electron chi connectivity index (χ3n) is 4.84. The van der Waals surface area contributed by atoms with Crippen molar-refractivity contribution in [2.45, 2.75) is 13.3 Å². The number of H-pyrrole nitrogens is 1. The van der Waals surface area contributed by atoms with Gasteiger partial charge in [0.1, 0.15) is 5.65 Å². The second kappa shape index (κ2) is 8.52. The van der Waals surface area contributed by atoms with E-state index in [0.717, 1.165) is 11.1 Å². The van der Waals surface area contributed by atoms with E-state index >= 15 is 4.39 Å². The Morgan fingerprint density at radius 1 is 1.22 bits per heavy atom. The average Bonchev–Trinajstić information content (AvgIpc) is 3.39. The summed E-state index contributed by atoms with van der Waals surface area (Å²) in [5.41, 5.74) is 1.71. The molecule has 0 fully saturated rings. The Kier molecular flexibility index (Phi) is 5.76. The summed E-state index contributed by atoms with van der Waals surface area (Å²) in [7, 11) is -2.17. The Morgan fingerprint density at radius 2 is 2.03 bits per heavy atom. The molecule has 1 aromatic carbocycles. The number of pyridine rings is 1. The first kappa shape index (κ1) is 21.7. The summed E-state index contributed by atoms with van der Waals surface area (Å²) in [5.74, 6) is -1.55. The van der Waals surface area contributed by atoms with Crippen LogP contribution in [0.3, 0.4) is 0 Å². The summed E-state index contributed by atoms with van der Waals surface area (Å²) in [6.45, 7) is 2.01. The number of fused-ring (bicyclic) bond motifs is 1. The van der Waals surface area contributed by atoms with Crippen molar-refractivity contribution in [1.82, 2.24) is 24.5 Å². The molecular formula is C21H21FN6O3S. The zero-order chi connectivity index (χ0) is 22.9. The summed E-state index contributed by atoms with van der Waals surface area (Å²) >= 11 is 0. The van der Waals surface area contributed by atoms with Crippen LogP contribution in [0.25, 0.3) is 22.2 Å². The molecule has 3 aromatic heterocycles. The van der Waals surface area contributed by atoms with Crippen molar-refractivity contribution in [3.63, 3.8) is 0 Å². The lowest BCUT2D eigenvalue weighted by Gasteiger charge is -2.11. The van der Waals surface area contributed by atoms with Crippen molar-refractivity contribution in [2.24, 2.45) is 7.05 Å². The molecule has 4 rings (SSSR count). The molecule has 0 aliphatic carbocycles. The van der Waals surface area contributed by atoms with Crippen LogP contribution in [0.5, 0.6) is 0 Å². The predicted octanol–water partition coefficient (Wildman–Crippen LogP) is 2.99. The van der Waals surface area contributed by atoms with E-state index in [1.165, 1.54) is 24.4 Å². The number of hydrogen-bond donors (Lipinski definition) is 3. The molecule has 0 amide bonds. The minimum absolute atomic E-state index is 0.206. The summed E-state index contributed by atoms with van der Waals surface area (Å²) in [5, 5.41) is 4.66. The maximum Gasteiger partial charge on any atom is 0.299 e. The molecule has 11 heteroatoms. The van der Waals surface area contributed by atoms with E-state index < -0.39 is 21.8 Å². The number of aryl methyl sites for hydroxylation is 1. The third-order valence-corrected chi connectivity index (χ3v) is 5.92. The molecule has 0 saturated heterocycles. The molecule has 4 aromatic rings. The first-order chi connectivity index (χ1) is 15.3. The van der Waals surface area contributed by atoms with Gasteiger partial charge in [-0.2, -0.15) is 18.2 Å². The third kappa shape index (κ3) is 4.25. The number of rotatable bonds is 8. The minimum Gasteiger partial charge on any atom is -0.345 e. The average molecular weight is 457 g/mol. The fraction of sp³-hybridized carbons (Fsp3) is 0.190. The molecule has 0 spiro atoms. The molecule has 32 heavy (non-hydrogen) atoms. The molecule has 0 unspecified atom stereocenters. The van der Waals surface area contributed by atoms with Gasteiger partial charge in [-0.05, 0) is 24.6 Å². The fourth-order valence-electron chi connectivity index (χ4n) is 3.27. The van der Waals surface area contributed by atoms with Crippen molar-refractivity contribution < 1.29 is 17.6 Å². The van der Waals surface area contributed by atoms with Crippen LogP contribution in [0, 0.1) is 5.82 Å². The van der Waals surface area contributed by atoms with Crippen LogP contribution in [0.15, 0.2) is 49.1 Å². The molecule has 3 heterocycles. The molecule has 0 aliphatic heterocycles. The highest BCUT2D eigenvalue weighted by Gasteiger charge is 2.22. The number of hydrogen-bond acceptors (Lipinski definition) is 5. The molecule has 0 radical (unpaired) electrons. The Bertz CT molecular complexity index is 1410. The Hall–Kier alpha value is -3.57. The van der Waals surface area contributed by atoms with E-state index in [9.17, 15) is 13.2 Å². The minimum atomic E-state index is -3.96. The second-order valence-electron chi connectivity index (χ2n) is 7.22. The van der Waals surface area contributed by atoms with E-state index in [-0.39, 0.29) is 23.4 Å². The normalized spacial score (nSPS) is 11.7. The Balaban J connectivity index is 1.70. The molecule has 0 atom stereocenters. The van der Waals surface area contributed by atoms with Crippen molar-refractivity contribution >= 4 is 32.7 Å². The van der Waals surface area contributed by atoms with Crippen molar-refractivity contribution in [3.05, 3.63) is 66.0 Å². The maximum absolute atomic E-state index is 15.1. The monoisotopic (exact) mass is 456 g/mol. The molecule has 166 valence electrons. The lowest BCUT2D eigenvalue weighted by Crippen LogP contribution is -2.31. The van der Waals surface area contributed by atoms with Crippen LogP contribution in [0.1, 0.15) is 29.3 Å². The van der Waals surface area contributed by atoms with Crippen LogP contribution in [0.4, 0.5) is 10.1 Å². The Labute approximate surface area is 183 Å². The van der Waals surface area contributed by atoms with Gasteiger partial charge < -0.3 is 4.98 Å². The van der Waals surface area contributed by atoms with Crippen LogP contribution >= 0.6 is 0 Å². The van der Waals surface area contributed by atoms with E-state index in [1.54, 1.807) is 37.1 Å². The topological polar surface area (TPSA) is 122 Å². The number of anilines is 1. The molecule has 0 saturated carbocycles. The number of carbonyl (C=O) groups excluding carboxylic acids is 1. The maximum atomic E-state index is 15.1. The second-order valence-corrected chi connectivity index (χ2v) is 8.72. The number of aromatic amines is 1. The highest BCUT2D eigenvalue weighted by molar-refractivity contribution is 7.90. The van der Waals surface area contributed by atoms with E-state index in [4.69, 9.17) is 0 Å². The zero-order valence-electron chi connectivity index (χ0n) is 17.4. The quantitative estimate of drug-likeness (QED) is 0.352. The van der Waals surface area contributed by atoms with Crippen LogP contribution in [0.2, 0.25) is 0 Å². The smallest absolute Gasteiger partial charge is 0.299 e. The largest absolute Gasteiger partial charge is 0.345 e. The SMILES string of the molecule is CCCNS(=O)(=O)Nc1cccc(C(=O)c2c[nH]c3ncc(-c4cnn(C)c4)cc23)c1F. The molecule has 0 aliphatic rings. The van der Waals surface area contributed by atoms with Crippen molar-refractivity contribution in [3.8, 4) is 11.1 Å². The van der Waals surface area contributed by atoms with E-state index in [0.29, 0.717) is 17.5 Å². The van der Waals surface area contributed by atoms with Gasteiger partial charge in [-0.25, -0.2) is 9.37 Å². The van der Waals surface area contributed by atoms with E-state index in [1.807, 2.05) is 6.20 Å². The summed E-state index contributed by atoms with van der Waals surface area (Å²) in [4.78, 5) is 20.5. The van der Waals surface area contributed by atoms with Gasteiger partial charge in [-0.3, -0.25) is 14.2 Å². The fourth-order valence-corrected chi connectivity index (χ4v) is 4.26. The van der Waals surface area contributed by atoms with Gasteiger partial charge in [-0.15, -0.1) is 0 Å². The number of carbonyl (C=O) groups is 1. The van der Waals surface area contributed by atoms with E-state index in [2.05, 4.69) is 24.5 Å². The van der Waals surface area contributed by atoms with Gasteiger partial charge in [0.15, 0.2) is 11.6 Å². The number of halogens is 1. The lowest BCUT2D eigenvalue weighted by atomic mass is 10.0. The van der Waals surface area contributed by atoms with Crippen LogP contribution < -0.4 is 9.44 Å². The highest BCUT2D eigenvalue weighted by atomic mass is 32.2. The van der Waals surface area contributed by atoms with Gasteiger partial charge in [-0.1, -0.05) is 13.0 Å². The van der Waals surface area contributed by atoms with Crippen LogP contribution in [-0.2, 0) is 17.3 Å². The number of nitrogens with one attached hydrogen (secondary N) is 3. The summed E-state index contributed by atoms with van der Waals surface area (Å²) in [6.07, 6.45) is 7.20.